The van der Waals surface area contributed by atoms with Crippen LogP contribution in [-0.2, 0) is 0 Å². The van der Waals surface area contributed by atoms with Crippen LogP contribution in [0, 0.1) is 3.70 Å². The number of nitrogens with one attached hydrogen (secondary N) is 2. The Labute approximate surface area is 104 Å². The van der Waals surface area contributed by atoms with Gasteiger partial charge in [0.2, 0.25) is 0 Å². The third kappa shape index (κ3) is 2.30. The van der Waals surface area contributed by atoms with E-state index in [9.17, 15) is 4.79 Å². The zero-order valence-corrected chi connectivity index (χ0v) is 10.2. The van der Waals surface area contributed by atoms with E-state index in [-0.39, 0.29) is 0 Å². The van der Waals surface area contributed by atoms with E-state index < -0.39 is 6.03 Å². The Kier molecular flexibility index (Phi) is 3.04. The highest BCUT2D eigenvalue weighted by Gasteiger charge is 2.01. The number of urea groups is 1. The van der Waals surface area contributed by atoms with E-state index in [1.807, 2.05) is 18.2 Å². The van der Waals surface area contributed by atoms with Crippen molar-refractivity contribution in [1.82, 2.24) is 15.6 Å². The lowest BCUT2D eigenvalue weighted by Gasteiger charge is -1.94. The third-order valence-electron chi connectivity index (χ3n) is 1.92. The molecule has 0 spiro atoms. The molecule has 1 heterocycles. The van der Waals surface area contributed by atoms with Crippen LogP contribution in [0.15, 0.2) is 23.3 Å². The first-order valence-corrected chi connectivity index (χ1v) is 5.47. The molecule has 7 heteroatoms. The Hall–Kier alpha value is -1.64. The molecule has 0 unspecified atom stereocenters. The number of H-pyrrole nitrogens is 1. The van der Waals surface area contributed by atoms with Gasteiger partial charge in [-0.2, -0.15) is 10.2 Å². The number of primary amides is 1. The van der Waals surface area contributed by atoms with Gasteiger partial charge >= 0.3 is 6.03 Å². The van der Waals surface area contributed by atoms with E-state index >= 15 is 0 Å². The molecule has 6 nitrogen and oxygen atoms in total. The highest BCUT2D eigenvalue weighted by Crippen LogP contribution is 2.17. The predicted molar refractivity (Wildman–Crippen MR) is 69.1 cm³/mol. The van der Waals surface area contributed by atoms with Gasteiger partial charge in [0.15, 0.2) is 0 Å². The Morgan fingerprint density at radius 3 is 3.19 bits per heavy atom. The van der Waals surface area contributed by atoms with Crippen molar-refractivity contribution in [3.63, 3.8) is 0 Å². The third-order valence-corrected chi connectivity index (χ3v) is 2.74. The molecule has 2 amide bonds. The molecule has 0 fully saturated rings. The molecule has 2 rings (SSSR count). The molecule has 0 saturated heterocycles. The molecule has 0 atom stereocenters. The van der Waals surface area contributed by atoms with Crippen LogP contribution in [0.1, 0.15) is 5.56 Å². The predicted octanol–water partition coefficient (Wildman–Crippen LogP) is 1.17. The molecule has 1 aromatic heterocycles. The summed E-state index contributed by atoms with van der Waals surface area (Å²) < 4.78 is 0.992. The first-order chi connectivity index (χ1) is 7.66. The van der Waals surface area contributed by atoms with Crippen molar-refractivity contribution in [2.75, 3.05) is 0 Å². The summed E-state index contributed by atoms with van der Waals surface area (Å²) in [5.74, 6) is 0. The molecule has 0 saturated carbocycles. The zero-order valence-electron chi connectivity index (χ0n) is 8.07. The number of hydrogen-bond acceptors (Lipinski definition) is 3. The van der Waals surface area contributed by atoms with Gasteiger partial charge in [-0.05, 0) is 40.3 Å². The Bertz CT molecular complexity index is 562. The van der Waals surface area contributed by atoms with E-state index in [4.69, 9.17) is 5.73 Å². The second-order valence-corrected chi connectivity index (χ2v) is 4.13. The number of fused-ring (bicyclic) bond motifs is 1. The first-order valence-electron chi connectivity index (χ1n) is 4.39. The average molecular weight is 329 g/mol. The maximum absolute atomic E-state index is 10.4. The Balaban J connectivity index is 2.26. The molecule has 0 radical (unpaired) electrons. The van der Waals surface area contributed by atoms with Gasteiger partial charge in [-0.1, -0.05) is 6.07 Å². The number of rotatable bonds is 2. The molecular weight excluding hydrogens is 321 g/mol. The standard InChI is InChI=1S/C9H8IN5O/c10-8-6-2-1-5(3-7(6)13-14-8)4-12-15-9(11)16/h1-4H,(H,13,14)(H3,11,15,16). The smallest absolute Gasteiger partial charge is 0.332 e. The van der Waals surface area contributed by atoms with Crippen molar-refractivity contribution < 1.29 is 4.79 Å². The maximum atomic E-state index is 10.4. The quantitative estimate of drug-likeness (QED) is 0.438. The van der Waals surface area contributed by atoms with Crippen LogP contribution in [0.2, 0.25) is 0 Å². The molecule has 16 heavy (non-hydrogen) atoms. The van der Waals surface area contributed by atoms with Crippen molar-refractivity contribution in [3.8, 4) is 0 Å². The number of hydrazone groups is 1. The number of carbonyl (C=O) groups is 1. The summed E-state index contributed by atoms with van der Waals surface area (Å²) in [5, 5.41) is 11.7. The molecular formula is C9H8IN5O. The van der Waals surface area contributed by atoms with Crippen LogP contribution in [0.5, 0.6) is 0 Å². The SMILES string of the molecule is NC(=O)NN=Cc1ccc2c(I)[nH]nc2c1. The molecule has 1 aromatic carbocycles. The molecule has 82 valence electrons. The number of halogens is 1. The summed E-state index contributed by atoms with van der Waals surface area (Å²) in [6.45, 7) is 0. The molecule has 0 aliphatic heterocycles. The summed E-state index contributed by atoms with van der Waals surface area (Å²) in [4.78, 5) is 10.4. The number of nitrogens with zero attached hydrogens (tertiary/aromatic N) is 2. The lowest BCUT2D eigenvalue weighted by molar-refractivity contribution is 0.249. The fourth-order valence-corrected chi connectivity index (χ4v) is 1.82. The second kappa shape index (κ2) is 4.47. The molecule has 0 bridgehead atoms. The van der Waals surface area contributed by atoms with Crippen LogP contribution in [0.4, 0.5) is 4.79 Å². The largest absolute Gasteiger partial charge is 0.350 e. The van der Waals surface area contributed by atoms with E-state index in [0.717, 1.165) is 20.2 Å². The van der Waals surface area contributed by atoms with Gasteiger partial charge in [-0.15, -0.1) is 0 Å². The minimum absolute atomic E-state index is 0.688. The molecule has 2 aromatic rings. The van der Waals surface area contributed by atoms with Crippen LogP contribution in [0.25, 0.3) is 10.9 Å². The Morgan fingerprint density at radius 2 is 2.44 bits per heavy atom. The van der Waals surface area contributed by atoms with Gasteiger partial charge in [0.05, 0.1) is 11.7 Å². The number of hydrogen-bond donors (Lipinski definition) is 3. The summed E-state index contributed by atoms with van der Waals surface area (Å²) >= 11 is 2.18. The number of carbonyl (C=O) groups excluding carboxylic acids is 1. The van der Waals surface area contributed by atoms with Gasteiger partial charge < -0.3 is 5.73 Å². The van der Waals surface area contributed by atoms with Gasteiger partial charge in [-0.25, -0.2) is 10.2 Å². The van der Waals surface area contributed by atoms with Gasteiger partial charge in [0.25, 0.3) is 0 Å². The van der Waals surface area contributed by atoms with E-state index in [2.05, 4.69) is 43.3 Å². The van der Waals surface area contributed by atoms with Crippen LogP contribution in [-0.4, -0.2) is 22.4 Å². The molecule has 0 aliphatic rings. The number of aromatic amines is 1. The zero-order chi connectivity index (χ0) is 11.5. The Morgan fingerprint density at radius 1 is 1.62 bits per heavy atom. The fourth-order valence-electron chi connectivity index (χ4n) is 1.25. The highest BCUT2D eigenvalue weighted by atomic mass is 127. The van der Waals surface area contributed by atoms with Gasteiger partial charge in [0, 0.05) is 5.39 Å². The van der Waals surface area contributed by atoms with Crippen molar-refractivity contribution in [1.29, 1.82) is 0 Å². The van der Waals surface area contributed by atoms with Crippen LogP contribution < -0.4 is 11.2 Å². The average Bonchev–Trinajstić information content (AvgIpc) is 2.60. The fraction of sp³-hybridized carbons (Fsp3) is 0. The maximum Gasteiger partial charge on any atom is 0.332 e. The summed E-state index contributed by atoms with van der Waals surface area (Å²) in [6, 6.07) is 4.99. The summed E-state index contributed by atoms with van der Waals surface area (Å²) in [6.07, 6.45) is 1.51. The van der Waals surface area contributed by atoms with Crippen LogP contribution >= 0.6 is 22.6 Å². The summed E-state index contributed by atoms with van der Waals surface area (Å²) in [5.41, 5.74) is 8.69. The molecule has 4 N–H and O–H groups in total. The van der Waals surface area contributed by atoms with Crippen molar-refractivity contribution in [2.45, 2.75) is 0 Å². The summed E-state index contributed by atoms with van der Waals surface area (Å²) in [7, 11) is 0. The molecule has 0 aliphatic carbocycles. The topological polar surface area (TPSA) is 96.2 Å². The number of benzene rings is 1. The highest BCUT2D eigenvalue weighted by molar-refractivity contribution is 14.1. The number of aromatic nitrogens is 2. The lowest BCUT2D eigenvalue weighted by Crippen LogP contribution is -2.24. The van der Waals surface area contributed by atoms with Crippen LogP contribution in [0.3, 0.4) is 0 Å². The number of amides is 2. The first kappa shape index (κ1) is 10.9. The lowest BCUT2D eigenvalue weighted by atomic mass is 10.2. The van der Waals surface area contributed by atoms with Gasteiger partial charge in [0.1, 0.15) is 3.70 Å². The van der Waals surface area contributed by atoms with E-state index in [1.54, 1.807) is 0 Å². The monoisotopic (exact) mass is 329 g/mol. The van der Waals surface area contributed by atoms with E-state index in [0.29, 0.717) is 0 Å². The van der Waals surface area contributed by atoms with Crippen molar-refractivity contribution >= 4 is 45.7 Å². The minimum atomic E-state index is -0.688. The second-order valence-electron chi connectivity index (χ2n) is 3.05. The van der Waals surface area contributed by atoms with Crippen molar-refractivity contribution in [3.05, 3.63) is 27.5 Å². The minimum Gasteiger partial charge on any atom is -0.350 e. The van der Waals surface area contributed by atoms with E-state index in [1.165, 1.54) is 6.21 Å². The normalized spacial score (nSPS) is 11.1. The van der Waals surface area contributed by atoms with Gasteiger partial charge in [-0.3, -0.25) is 5.10 Å². The number of nitrogens with two attached hydrogens (primary N) is 1. The van der Waals surface area contributed by atoms with Crippen molar-refractivity contribution in [2.24, 2.45) is 10.8 Å².